The molecule has 0 saturated heterocycles. The lowest BCUT2D eigenvalue weighted by Crippen LogP contribution is -2.30. The largest absolute Gasteiger partial charge is 0.493 e. The normalized spacial score (nSPS) is 11.5. The summed E-state index contributed by atoms with van der Waals surface area (Å²) >= 11 is 0. The first-order valence-electron chi connectivity index (χ1n) is 7.18. The molecule has 0 aliphatic carbocycles. The minimum atomic E-state index is 0. The fourth-order valence-corrected chi connectivity index (χ4v) is 2.34. The van der Waals surface area contributed by atoms with Crippen molar-refractivity contribution in [3.05, 3.63) is 36.2 Å². The fourth-order valence-electron chi connectivity index (χ4n) is 2.34. The summed E-state index contributed by atoms with van der Waals surface area (Å²) in [7, 11) is 4.85. The van der Waals surface area contributed by atoms with Crippen molar-refractivity contribution in [3.63, 3.8) is 0 Å². The predicted octanol–water partition coefficient (Wildman–Crippen LogP) is 2.51. The number of benzene rings is 1. The number of hydrogen-bond donors (Lipinski definition) is 1. The van der Waals surface area contributed by atoms with Gasteiger partial charge >= 0.3 is 0 Å². The van der Waals surface area contributed by atoms with Crippen molar-refractivity contribution in [1.29, 1.82) is 0 Å². The Morgan fingerprint density at radius 1 is 1.13 bits per heavy atom. The molecule has 1 N–H and O–H groups in total. The minimum Gasteiger partial charge on any atom is -0.493 e. The number of nitrogens with zero attached hydrogens (tertiary/aromatic N) is 2. The maximum absolute atomic E-state index is 5.49. The molecule has 1 unspecified atom stereocenters. The second-order valence-electron chi connectivity index (χ2n) is 5.00. The average molecular weight is 342 g/mol. The molecule has 1 aromatic heterocycles. The molecule has 0 radical (unpaired) electrons. The Morgan fingerprint density at radius 3 is 2.43 bits per heavy atom. The fraction of sp³-hybridized carbons (Fsp3) is 0.438. The van der Waals surface area contributed by atoms with Crippen molar-refractivity contribution in [2.75, 3.05) is 21.3 Å². The average Bonchev–Trinajstić information content (AvgIpc) is 3.04. The summed E-state index contributed by atoms with van der Waals surface area (Å²) in [6, 6.07) is 6.06. The Morgan fingerprint density at radius 2 is 1.87 bits per heavy atom. The number of hydrogen-bond acceptors (Lipinski definition) is 5. The lowest BCUT2D eigenvalue weighted by Gasteiger charge is -2.18. The number of aromatic nitrogens is 2. The third kappa shape index (κ3) is 4.77. The molecule has 1 aromatic carbocycles. The Hall–Kier alpha value is -1.92. The summed E-state index contributed by atoms with van der Waals surface area (Å²) in [4.78, 5) is 0. The van der Waals surface area contributed by atoms with E-state index in [9.17, 15) is 0 Å². The summed E-state index contributed by atoms with van der Waals surface area (Å²) in [5.41, 5.74) is 1.02. The standard InChI is InChI=1S/C16H23N3O3.ClH/c1-12(11-19-9-5-8-18-19)17-10-13-6-7-14(20-2)16(22-4)15(13)21-3;/h5-9,12,17H,10-11H2,1-4H3;1H. The first-order chi connectivity index (χ1) is 10.7. The van der Waals surface area contributed by atoms with Crippen molar-refractivity contribution < 1.29 is 14.2 Å². The van der Waals surface area contributed by atoms with Crippen LogP contribution in [-0.4, -0.2) is 37.2 Å². The zero-order valence-electron chi connectivity index (χ0n) is 13.9. The quantitative estimate of drug-likeness (QED) is 0.799. The number of ether oxygens (including phenoxy) is 3. The van der Waals surface area contributed by atoms with Crippen molar-refractivity contribution in [2.24, 2.45) is 0 Å². The Bertz CT molecular complexity index is 591. The summed E-state index contributed by atoms with van der Waals surface area (Å²) < 4.78 is 18.1. The molecule has 0 saturated carbocycles. The van der Waals surface area contributed by atoms with Gasteiger partial charge in [-0.25, -0.2) is 0 Å². The molecule has 0 aliphatic rings. The molecule has 0 fully saturated rings. The van der Waals surface area contributed by atoms with Crippen molar-refractivity contribution in [1.82, 2.24) is 15.1 Å². The molecular weight excluding hydrogens is 318 g/mol. The molecule has 1 heterocycles. The Kier molecular flexibility index (Phi) is 7.71. The van der Waals surface area contributed by atoms with Gasteiger partial charge in [-0.2, -0.15) is 5.10 Å². The van der Waals surface area contributed by atoms with Crippen LogP contribution < -0.4 is 19.5 Å². The van der Waals surface area contributed by atoms with Crippen molar-refractivity contribution in [3.8, 4) is 17.2 Å². The van der Waals surface area contributed by atoms with Gasteiger partial charge in [-0.3, -0.25) is 4.68 Å². The molecule has 0 aliphatic heterocycles. The van der Waals surface area contributed by atoms with E-state index in [0.29, 0.717) is 23.8 Å². The highest BCUT2D eigenvalue weighted by atomic mass is 35.5. The van der Waals surface area contributed by atoms with Gasteiger partial charge in [0.05, 0.1) is 27.9 Å². The van der Waals surface area contributed by atoms with Crippen molar-refractivity contribution >= 4 is 12.4 Å². The topological polar surface area (TPSA) is 57.5 Å². The van der Waals surface area contributed by atoms with E-state index in [0.717, 1.165) is 12.1 Å². The minimum absolute atomic E-state index is 0. The monoisotopic (exact) mass is 341 g/mol. The van der Waals surface area contributed by atoms with E-state index in [4.69, 9.17) is 14.2 Å². The van der Waals surface area contributed by atoms with Crippen LogP contribution in [0.1, 0.15) is 12.5 Å². The molecule has 0 amide bonds. The number of methoxy groups -OCH3 is 3. The number of nitrogens with one attached hydrogen (secondary N) is 1. The summed E-state index contributed by atoms with van der Waals surface area (Å²) in [5.74, 6) is 1.97. The van der Waals surface area contributed by atoms with Gasteiger partial charge < -0.3 is 19.5 Å². The smallest absolute Gasteiger partial charge is 0.203 e. The lowest BCUT2D eigenvalue weighted by atomic mass is 10.1. The molecule has 7 heteroatoms. The van der Waals surface area contributed by atoms with Crippen LogP contribution in [0.3, 0.4) is 0 Å². The summed E-state index contributed by atoms with van der Waals surface area (Å²) in [6.45, 7) is 3.60. The third-order valence-corrected chi connectivity index (χ3v) is 3.45. The maximum Gasteiger partial charge on any atom is 0.203 e. The molecule has 128 valence electrons. The molecule has 0 spiro atoms. The van der Waals surface area contributed by atoms with E-state index in [1.54, 1.807) is 27.5 Å². The van der Waals surface area contributed by atoms with Gasteiger partial charge in [0.15, 0.2) is 11.5 Å². The second-order valence-corrected chi connectivity index (χ2v) is 5.00. The first-order valence-corrected chi connectivity index (χ1v) is 7.18. The highest BCUT2D eigenvalue weighted by Crippen LogP contribution is 2.39. The van der Waals surface area contributed by atoms with E-state index >= 15 is 0 Å². The van der Waals surface area contributed by atoms with Crippen LogP contribution >= 0.6 is 12.4 Å². The highest BCUT2D eigenvalue weighted by molar-refractivity contribution is 5.85. The lowest BCUT2D eigenvalue weighted by molar-refractivity contribution is 0.321. The molecule has 6 nitrogen and oxygen atoms in total. The van der Waals surface area contributed by atoms with E-state index in [2.05, 4.69) is 17.3 Å². The van der Waals surface area contributed by atoms with Crippen LogP contribution in [0.25, 0.3) is 0 Å². The molecule has 2 aromatic rings. The zero-order chi connectivity index (χ0) is 15.9. The van der Waals surface area contributed by atoms with Gasteiger partial charge in [-0.05, 0) is 19.1 Å². The Labute approximate surface area is 143 Å². The van der Waals surface area contributed by atoms with Gasteiger partial charge in [0, 0.05) is 30.5 Å². The maximum atomic E-state index is 5.49. The van der Waals surface area contributed by atoms with Crippen LogP contribution in [0, 0.1) is 0 Å². The van der Waals surface area contributed by atoms with E-state index in [1.807, 2.05) is 29.1 Å². The first kappa shape index (κ1) is 19.1. The molecule has 2 rings (SSSR count). The van der Waals surface area contributed by atoms with Crippen LogP contribution in [-0.2, 0) is 13.1 Å². The summed E-state index contributed by atoms with van der Waals surface area (Å²) in [5, 5.41) is 7.67. The Balaban J connectivity index is 0.00000264. The van der Waals surface area contributed by atoms with Gasteiger partial charge in [-0.1, -0.05) is 6.07 Å². The molecular formula is C16H24ClN3O3. The number of rotatable bonds is 8. The van der Waals surface area contributed by atoms with Crippen LogP contribution in [0.5, 0.6) is 17.2 Å². The van der Waals surface area contributed by atoms with Crippen LogP contribution in [0.15, 0.2) is 30.6 Å². The molecule has 0 bridgehead atoms. The van der Waals surface area contributed by atoms with Crippen LogP contribution in [0.4, 0.5) is 0 Å². The highest BCUT2D eigenvalue weighted by Gasteiger charge is 2.16. The number of halogens is 1. The van der Waals surface area contributed by atoms with Crippen molar-refractivity contribution in [2.45, 2.75) is 26.1 Å². The van der Waals surface area contributed by atoms with Gasteiger partial charge in [0.25, 0.3) is 0 Å². The SMILES string of the molecule is COc1ccc(CNC(C)Cn2cccn2)c(OC)c1OC.Cl. The van der Waals surface area contributed by atoms with Gasteiger partial charge in [-0.15, -0.1) is 12.4 Å². The summed E-state index contributed by atoms with van der Waals surface area (Å²) in [6.07, 6.45) is 3.74. The van der Waals surface area contributed by atoms with E-state index in [1.165, 1.54) is 0 Å². The molecule has 1 atom stereocenters. The predicted molar refractivity (Wildman–Crippen MR) is 91.9 cm³/mol. The second kappa shape index (κ2) is 9.27. The van der Waals surface area contributed by atoms with Gasteiger partial charge in [0.1, 0.15) is 0 Å². The zero-order valence-corrected chi connectivity index (χ0v) is 14.7. The van der Waals surface area contributed by atoms with Gasteiger partial charge in [0.2, 0.25) is 5.75 Å². The van der Waals surface area contributed by atoms with E-state index in [-0.39, 0.29) is 18.4 Å². The van der Waals surface area contributed by atoms with E-state index < -0.39 is 0 Å². The molecule has 23 heavy (non-hydrogen) atoms. The third-order valence-electron chi connectivity index (χ3n) is 3.45. The van der Waals surface area contributed by atoms with Crippen LogP contribution in [0.2, 0.25) is 0 Å².